The number of nitrogens with one attached hydrogen (secondary N) is 1. The number of rotatable bonds is 2. The topological polar surface area (TPSA) is 24.5 Å². The Bertz CT molecular complexity index is 446. The second-order valence-corrected chi connectivity index (χ2v) is 6.18. The molecular formula is C16H24N2O. The predicted octanol–water partition coefficient (Wildman–Crippen LogP) is 2.44. The molecule has 0 bridgehead atoms. The van der Waals surface area contributed by atoms with Gasteiger partial charge < -0.3 is 10.1 Å². The second kappa shape index (κ2) is 5.14. The van der Waals surface area contributed by atoms with Crippen molar-refractivity contribution in [2.45, 2.75) is 38.9 Å². The fraction of sp³-hybridized carbons (Fsp3) is 0.625. The number of para-hydroxylation sites is 1. The third-order valence-corrected chi connectivity index (χ3v) is 4.43. The van der Waals surface area contributed by atoms with E-state index in [4.69, 9.17) is 4.74 Å². The van der Waals surface area contributed by atoms with Crippen LogP contribution in [0.3, 0.4) is 0 Å². The Kier molecular flexibility index (Phi) is 3.50. The molecule has 0 aromatic heterocycles. The zero-order valence-electron chi connectivity index (χ0n) is 12.1. The van der Waals surface area contributed by atoms with Crippen molar-refractivity contribution in [2.75, 3.05) is 19.7 Å². The average molecular weight is 260 g/mol. The first-order chi connectivity index (χ1) is 9.16. The molecule has 19 heavy (non-hydrogen) atoms. The fourth-order valence-electron chi connectivity index (χ4n) is 3.35. The van der Waals surface area contributed by atoms with E-state index in [1.165, 1.54) is 5.56 Å². The maximum Gasteiger partial charge on any atom is 0.124 e. The van der Waals surface area contributed by atoms with Crippen LogP contribution in [0.5, 0.6) is 5.75 Å². The third-order valence-electron chi connectivity index (χ3n) is 4.43. The van der Waals surface area contributed by atoms with Crippen LogP contribution in [0.25, 0.3) is 0 Å². The Hall–Kier alpha value is -1.06. The highest BCUT2D eigenvalue weighted by Crippen LogP contribution is 2.38. The molecule has 0 radical (unpaired) electrons. The molecule has 3 nitrogen and oxygen atoms in total. The van der Waals surface area contributed by atoms with Gasteiger partial charge in [-0.15, -0.1) is 0 Å². The molecule has 1 fully saturated rings. The van der Waals surface area contributed by atoms with Crippen LogP contribution >= 0.6 is 0 Å². The second-order valence-electron chi connectivity index (χ2n) is 6.18. The molecule has 1 aromatic rings. The normalized spacial score (nSPS) is 31.3. The molecule has 1 N–H and O–H groups in total. The van der Waals surface area contributed by atoms with Crippen molar-refractivity contribution in [3.05, 3.63) is 29.8 Å². The first-order valence-electron chi connectivity index (χ1n) is 7.37. The highest BCUT2D eigenvalue weighted by atomic mass is 16.5. The van der Waals surface area contributed by atoms with E-state index in [1.807, 2.05) is 0 Å². The van der Waals surface area contributed by atoms with E-state index in [1.54, 1.807) is 0 Å². The minimum absolute atomic E-state index is 0.424. The summed E-state index contributed by atoms with van der Waals surface area (Å²) in [5.41, 5.74) is 1.36. The molecule has 1 saturated heterocycles. The molecule has 3 rings (SSSR count). The van der Waals surface area contributed by atoms with Crippen molar-refractivity contribution in [1.82, 2.24) is 10.2 Å². The van der Waals surface area contributed by atoms with Crippen LogP contribution in [0.2, 0.25) is 0 Å². The van der Waals surface area contributed by atoms with Gasteiger partial charge in [-0.25, -0.2) is 0 Å². The van der Waals surface area contributed by atoms with Crippen molar-refractivity contribution in [1.29, 1.82) is 0 Å². The van der Waals surface area contributed by atoms with Gasteiger partial charge >= 0.3 is 0 Å². The van der Waals surface area contributed by atoms with E-state index >= 15 is 0 Å². The lowest BCUT2D eigenvalue weighted by molar-refractivity contribution is 0.0487. The first-order valence-corrected chi connectivity index (χ1v) is 7.37. The van der Waals surface area contributed by atoms with Gasteiger partial charge in [0.05, 0.1) is 6.04 Å². The molecule has 2 aliphatic rings. The molecule has 0 spiro atoms. The van der Waals surface area contributed by atoms with Gasteiger partial charge in [-0.1, -0.05) is 32.0 Å². The van der Waals surface area contributed by atoms with Crippen molar-refractivity contribution in [3.8, 4) is 5.75 Å². The lowest BCUT2D eigenvalue weighted by Gasteiger charge is -2.44. The van der Waals surface area contributed by atoms with Gasteiger partial charge in [-0.2, -0.15) is 0 Å². The van der Waals surface area contributed by atoms with Gasteiger partial charge in [0.2, 0.25) is 0 Å². The van der Waals surface area contributed by atoms with Crippen molar-refractivity contribution in [3.63, 3.8) is 0 Å². The zero-order valence-corrected chi connectivity index (χ0v) is 12.1. The van der Waals surface area contributed by atoms with Crippen LogP contribution in [0.1, 0.15) is 32.4 Å². The summed E-state index contributed by atoms with van der Waals surface area (Å²) in [6, 6.07) is 10.1. The molecule has 2 aliphatic heterocycles. The highest BCUT2D eigenvalue weighted by Gasteiger charge is 2.37. The Morgan fingerprint density at radius 3 is 2.89 bits per heavy atom. The predicted molar refractivity (Wildman–Crippen MR) is 77.5 cm³/mol. The van der Waals surface area contributed by atoms with Gasteiger partial charge in [0.1, 0.15) is 12.4 Å². The highest BCUT2D eigenvalue weighted by molar-refractivity contribution is 5.39. The van der Waals surface area contributed by atoms with Crippen molar-refractivity contribution < 1.29 is 4.74 Å². The smallest absolute Gasteiger partial charge is 0.124 e. The minimum atomic E-state index is 0.424. The number of fused-ring (bicyclic) bond motifs is 1. The zero-order chi connectivity index (χ0) is 13.4. The fourth-order valence-corrected chi connectivity index (χ4v) is 3.35. The largest absolute Gasteiger partial charge is 0.491 e. The van der Waals surface area contributed by atoms with E-state index in [2.05, 4.69) is 55.3 Å². The average Bonchev–Trinajstić information content (AvgIpc) is 2.82. The minimum Gasteiger partial charge on any atom is -0.491 e. The van der Waals surface area contributed by atoms with E-state index in [0.29, 0.717) is 24.0 Å². The molecule has 0 saturated carbocycles. The van der Waals surface area contributed by atoms with E-state index in [-0.39, 0.29) is 0 Å². The first kappa shape index (κ1) is 12.9. The SMILES string of the molecule is CC1CN(C2COc3ccccc32)C(C(C)C)CN1. The van der Waals surface area contributed by atoms with Gasteiger partial charge in [-0.05, 0) is 18.9 Å². The van der Waals surface area contributed by atoms with Crippen LogP contribution in [-0.4, -0.2) is 36.7 Å². The summed E-state index contributed by atoms with van der Waals surface area (Å²) in [6.45, 7) is 9.89. The number of hydrogen-bond donors (Lipinski definition) is 1. The third kappa shape index (κ3) is 2.37. The summed E-state index contributed by atoms with van der Waals surface area (Å²) in [5.74, 6) is 1.73. The quantitative estimate of drug-likeness (QED) is 0.884. The Labute approximate surface area is 115 Å². The van der Waals surface area contributed by atoms with Gasteiger partial charge in [0.15, 0.2) is 0 Å². The summed E-state index contributed by atoms with van der Waals surface area (Å²) in [6.07, 6.45) is 0. The molecule has 0 aliphatic carbocycles. The molecule has 3 unspecified atom stereocenters. The molecule has 3 heteroatoms. The Morgan fingerprint density at radius 1 is 1.32 bits per heavy atom. The van der Waals surface area contributed by atoms with Crippen molar-refractivity contribution in [2.24, 2.45) is 5.92 Å². The maximum atomic E-state index is 5.87. The lowest BCUT2D eigenvalue weighted by Crippen LogP contribution is -2.58. The molecule has 104 valence electrons. The molecular weight excluding hydrogens is 236 g/mol. The number of hydrogen-bond acceptors (Lipinski definition) is 3. The monoisotopic (exact) mass is 260 g/mol. The summed E-state index contributed by atoms with van der Waals surface area (Å²) >= 11 is 0. The number of nitrogens with zero attached hydrogens (tertiary/aromatic N) is 1. The number of ether oxygens (including phenoxy) is 1. The lowest BCUT2D eigenvalue weighted by atomic mass is 9.95. The van der Waals surface area contributed by atoms with E-state index in [9.17, 15) is 0 Å². The van der Waals surface area contributed by atoms with Crippen LogP contribution in [0, 0.1) is 5.92 Å². The van der Waals surface area contributed by atoms with Crippen LogP contribution in [0.4, 0.5) is 0 Å². The molecule has 2 heterocycles. The van der Waals surface area contributed by atoms with Crippen LogP contribution in [0.15, 0.2) is 24.3 Å². The van der Waals surface area contributed by atoms with E-state index < -0.39 is 0 Å². The molecule has 3 atom stereocenters. The number of benzene rings is 1. The van der Waals surface area contributed by atoms with Gasteiger partial charge in [0, 0.05) is 30.7 Å². The van der Waals surface area contributed by atoms with E-state index in [0.717, 1.165) is 25.4 Å². The van der Waals surface area contributed by atoms with Crippen molar-refractivity contribution >= 4 is 0 Å². The number of piperazine rings is 1. The molecule has 1 aromatic carbocycles. The Morgan fingerprint density at radius 2 is 2.11 bits per heavy atom. The summed E-state index contributed by atoms with van der Waals surface area (Å²) in [7, 11) is 0. The van der Waals surface area contributed by atoms with Gasteiger partial charge in [-0.3, -0.25) is 4.90 Å². The molecule has 0 amide bonds. The standard InChI is InChI=1S/C16H24N2O/c1-11(2)14-8-17-12(3)9-18(14)15-10-19-16-7-5-4-6-13(15)16/h4-7,11-12,14-15,17H,8-10H2,1-3H3. The van der Waals surface area contributed by atoms with Crippen LogP contribution < -0.4 is 10.1 Å². The summed E-state index contributed by atoms with van der Waals surface area (Å²) in [4.78, 5) is 2.65. The van der Waals surface area contributed by atoms with Gasteiger partial charge in [0.25, 0.3) is 0 Å². The summed E-state index contributed by atoms with van der Waals surface area (Å²) in [5, 5.41) is 3.61. The maximum absolute atomic E-state index is 5.87. The van der Waals surface area contributed by atoms with Crippen LogP contribution in [-0.2, 0) is 0 Å². The summed E-state index contributed by atoms with van der Waals surface area (Å²) < 4.78 is 5.87. The Balaban J connectivity index is 1.87.